The molecule has 0 bridgehead atoms. The van der Waals surface area contributed by atoms with Gasteiger partial charge in [-0.2, -0.15) is 0 Å². The first-order chi connectivity index (χ1) is 6.61. The second-order valence-corrected chi connectivity index (χ2v) is 4.44. The number of hydrogen-bond acceptors (Lipinski definition) is 1. The van der Waals surface area contributed by atoms with Crippen LogP contribution in [0.4, 0.5) is 0 Å². The van der Waals surface area contributed by atoms with E-state index < -0.39 is 5.97 Å². The van der Waals surface area contributed by atoms with Crippen LogP contribution in [0, 0.1) is 5.92 Å². The Balaban J connectivity index is 3.55. The molecule has 0 unspecified atom stereocenters. The molecule has 0 saturated carbocycles. The van der Waals surface area contributed by atoms with Crippen molar-refractivity contribution in [3.63, 3.8) is 0 Å². The summed E-state index contributed by atoms with van der Waals surface area (Å²) in [4.78, 5) is 10.7. The molecule has 0 fully saturated rings. The van der Waals surface area contributed by atoms with E-state index in [4.69, 9.17) is 28.3 Å². The summed E-state index contributed by atoms with van der Waals surface area (Å²) >= 11 is 11.5. The van der Waals surface area contributed by atoms with Crippen LogP contribution in [0.1, 0.15) is 39.0 Å². The van der Waals surface area contributed by atoms with Gasteiger partial charge in [0.15, 0.2) is 0 Å². The van der Waals surface area contributed by atoms with Crippen LogP contribution in [0.25, 0.3) is 0 Å². The minimum atomic E-state index is -0.698. The molecule has 0 heterocycles. The highest BCUT2D eigenvalue weighted by molar-refractivity contribution is 6.22. The molecule has 0 aliphatic rings. The monoisotopic (exact) mass is 240 g/mol. The third kappa shape index (κ3) is 6.50. The molecule has 0 radical (unpaired) electrons. The van der Waals surface area contributed by atoms with E-state index in [0.29, 0.717) is 12.3 Å². The lowest BCUT2D eigenvalue weighted by atomic mass is 9.98. The van der Waals surface area contributed by atoms with Crippen molar-refractivity contribution in [2.45, 2.75) is 44.4 Å². The Labute approximate surface area is 95.6 Å². The third-order valence-corrected chi connectivity index (χ3v) is 2.99. The molecular weight excluding hydrogens is 223 g/mol. The number of carboxylic acid groups (broad SMARTS) is 1. The predicted octanol–water partition coefficient (Wildman–Crippen LogP) is 3.50. The average molecular weight is 241 g/mol. The summed E-state index contributed by atoms with van der Waals surface area (Å²) in [5, 5.41) is 8.88. The first-order valence-corrected chi connectivity index (χ1v) is 6.01. The van der Waals surface area contributed by atoms with Crippen LogP contribution in [0.3, 0.4) is 0 Å². The highest BCUT2D eigenvalue weighted by atomic mass is 35.5. The van der Waals surface area contributed by atoms with Crippen LogP contribution >= 0.6 is 23.2 Å². The average Bonchev–Trinajstić information content (AvgIpc) is 2.12. The zero-order valence-corrected chi connectivity index (χ0v) is 10.0. The van der Waals surface area contributed by atoms with Gasteiger partial charge in [-0.15, -0.1) is 23.2 Å². The van der Waals surface area contributed by atoms with Gasteiger partial charge in [0, 0.05) is 11.3 Å². The lowest BCUT2D eigenvalue weighted by Gasteiger charge is -2.11. The molecule has 84 valence electrons. The minimum Gasteiger partial charge on any atom is -0.481 e. The molecule has 2 nitrogen and oxygen atoms in total. The summed E-state index contributed by atoms with van der Waals surface area (Å²) < 4.78 is 0. The number of aliphatic carboxylic acids is 1. The first-order valence-electron chi connectivity index (χ1n) is 5.04. The molecule has 0 rings (SSSR count). The summed E-state index contributed by atoms with van der Waals surface area (Å²) in [5.41, 5.74) is 0. The molecule has 0 spiro atoms. The van der Waals surface area contributed by atoms with Crippen molar-refractivity contribution in [1.29, 1.82) is 0 Å². The van der Waals surface area contributed by atoms with E-state index in [0.717, 1.165) is 25.7 Å². The lowest BCUT2D eigenvalue weighted by molar-refractivity contribution is -0.142. The Morgan fingerprint density at radius 3 is 2.43 bits per heavy atom. The van der Waals surface area contributed by atoms with Crippen LogP contribution in [-0.2, 0) is 4.79 Å². The van der Waals surface area contributed by atoms with Crippen molar-refractivity contribution in [2.75, 3.05) is 5.88 Å². The molecule has 2 atom stereocenters. The number of hydrogen-bond donors (Lipinski definition) is 1. The molecule has 0 aliphatic carbocycles. The van der Waals surface area contributed by atoms with Gasteiger partial charge in [-0.1, -0.05) is 13.3 Å². The summed E-state index contributed by atoms with van der Waals surface area (Å²) in [5.74, 6) is -0.338. The van der Waals surface area contributed by atoms with E-state index >= 15 is 0 Å². The van der Waals surface area contributed by atoms with Crippen molar-refractivity contribution < 1.29 is 9.90 Å². The van der Waals surface area contributed by atoms with Crippen molar-refractivity contribution in [3.05, 3.63) is 0 Å². The normalized spacial score (nSPS) is 15.1. The highest BCUT2D eigenvalue weighted by Gasteiger charge is 2.14. The largest absolute Gasteiger partial charge is 0.481 e. The van der Waals surface area contributed by atoms with Crippen molar-refractivity contribution in [1.82, 2.24) is 0 Å². The molecule has 1 N–H and O–H groups in total. The van der Waals surface area contributed by atoms with E-state index in [-0.39, 0.29) is 11.3 Å². The second kappa shape index (κ2) is 8.37. The summed E-state index contributed by atoms with van der Waals surface area (Å²) in [7, 11) is 0. The minimum absolute atomic E-state index is 0.0961. The smallest absolute Gasteiger partial charge is 0.306 e. The van der Waals surface area contributed by atoms with Gasteiger partial charge in [0.1, 0.15) is 0 Å². The maximum absolute atomic E-state index is 10.7. The maximum Gasteiger partial charge on any atom is 0.306 e. The quantitative estimate of drug-likeness (QED) is 0.660. The fraction of sp³-hybridized carbons (Fsp3) is 0.900. The van der Waals surface area contributed by atoms with Crippen LogP contribution < -0.4 is 0 Å². The van der Waals surface area contributed by atoms with E-state index in [1.165, 1.54) is 0 Å². The first kappa shape index (κ1) is 14.1. The molecule has 0 amide bonds. The number of carbonyl (C=O) groups is 1. The van der Waals surface area contributed by atoms with Crippen LogP contribution in [0.2, 0.25) is 0 Å². The topological polar surface area (TPSA) is 37.3 Å². The summed E-state index contributed by atoms with van der Waals surface area (Å²) in [6.45, 7) is 1.90. The number of carboxylic acids is 1. The Morgan fingerprint density at radius 2 is 2.00 bits per heavy atom. The maximum atomic E-state index is 10.7. The highest BCUT2D eigenvalue weighted by Crippen LogP contribution is 2.17. The third-order valence-electron chi connectivity index (χ3n) is 2.33. The molecule has 0 aromatic heterocycles. The Hall–Kier alpha value is 0.0500. The molecule has 0 aromatic rings. The van der Waals surface area contributed by atoms with Gasteiger partial charge in [0.2, 0.25) is 0 Å². The van der Waals surface area contributed by atoms with E-state index in [1.807, 2.05) is 6.92 Å². The number of halogens is 2. The summed E-state index contributed by atoms with van der Waals surface area (Å²) in [6.07, 6.45) is 3.94. The van der Waals surface area contributed by atoms with E-state index in [9.17, 15) is 4.79 Å². The van der Waals surface area contributed by atoms with Gasteiger partial charge in [0.25, 0.3) is 0 Å². The lowest BCUT2D eigenvalue weighted by Crippen LogP contribution is -2.13. The van der Waals surface area contributed by atoms with Gasteiger partial charge >= 0.3 is 5.97 Å². The standard InChI is InChI=1S/C10H18Cl2O2/c1-2-8(10(13)14)4-3-5-9(12)6-7-11/h8-9H,2-7H2,1H3,(H,13,14)/t8-,9+/m0/s1. The second-order valence-electron chi connectivity index (χ2n) is 3.45. The Bertz CT molecular complexity index is 162. The predicted molar refractivity (Wildman–Crippen MR) is 60.2 cm³/mol. The molecule has 0 saturated heterocycles. The molecule has 0 aromatic carbocycles. The number of rotatable bonds is 8. The molecule has 0 aliphatic heterocycles. The molecular formula is C10H18Cl2O2. The Morgan fingerprint density at radius 1 is 1.36 bits per heavy atom. The van der Waals surface area contributed by atoms with Gasteiger partial charge in [-0.05, 0) is 25.7 Å². The van der Waals surface area contributed by atoms with Crippen molar-refractivity contribution in [3.8, 4) is 0 Å². The van der Waals surface area contributed by atoms with Gasteiger partial charge in [-0.25, -0.2) is 0 Å². The number of alkyl halides is 2. The van der Waals surface area contributed by atoms with Gasteiger partial charge in [-0.3, -0.25) is 4.79 Å². The van der Waals surface area contributed by atoms with Crippen LogP contribution in [-0.4, -0.2) is 22.3 Å². The SMILES string of the molecule is CC[C@@H](CCC[C@@H](Cl)CCCl)C(=O)O. The zero-order valence-electron chi connectivity index (χ0n) is 8.51. The molecule has 4 heteroatoms. The van der Waals surface area contributed by atoms with Crippen LogP contribution in [0.15, 0.2) is 0 Å². The Kier molecular flexibility index (Phi) is 8.40. The van der Waals surface area contributed by atoms with Crippen molar-refractivity contribution >= 4 is 29.2 Å². The van der Waals surface area contributed by atoms with E-state index in [2.05, 4.69) is 0 Å². The fourth-order valence-corrected chi connectivity index (χ4v) is 1.99. The zero-order chi connectivity index (χ0) is 11.0. The fourth-order valence-electron chi connectivity index (χ4n) is 1.35. The van der Waals surface area contributed by atoms with Gasteiger partial charge in [0.05, 0.1) is 5.92 Å². The summed E-state index contributed by atoms with van der Waals surface area (Å²) in [6, 6.07) is 0. The molecule has 14 heavy (non-hydrogen) atoms. The van der Waals surface area contributed by atoms with Gasteiger partial charge < -0.3 is 5.11 Å². The van der Waals surface area contributed by atoms with Crippen molar-refractivity contribution in [2.24, 2.45) is 5.92 Å². The van der Waals surface area contributed by atoms with E-state index in [1.54, 1.807) is 0 Å². The van der Waals surface area contributed by atoms with Crippen LogP contribution in [0.5, 0.6) is 0 Å².